The van der Waals surface area contributed by atoms with Crippen molar-refractivity contribution in [2.24, 2.45) is 11.7 Å². The predicted octanol–water partition coefficient (Wildman–Crippen LogP) is 1.99. The molecule has 2 rings (SSSR count). The van der Waals surface area contributed by atoms with Crippen molar-refractivity contribution < 1.29 is 4.79 Å². The van der Waals surface area contributed by atoms with Gasteiger partial charge < -0.3 is 5.73 Å². The lowest BCUT2D eigenvalue weighted by atomic mass is 9.96. The monoisotopic (exact) mass is 209 g/mol. The third-order valence-corrected chi connectivity index (χ3v) is 3.79. The maximum absolute atomic E-state index is 11.8. The van der Waals surface area contributed by atoms with Gasteiger partial charge in [-0.3, -0.25) is 4.79 Å². The molecule has 2 nitrogen and oxygen atoms in total. The van der Waals surface area contributed by atoms with E-state index in [4.69, 9.17) is 5.73 Å². The minimum atomic E-state index is 0.113. The summed E-state index contributed by atoms with van der Waals surface area (Å²) in [6.45, 7) is 0. The summed E-state index contributed by atoms with van der Waals surface area (Å²) in [4.78, 5) is 13.0. The Hall–Kier alpha value is -0.670. The van der Waals surface area contributed by atoms with Gasteiger partial charge in [-0.25, -0.2) is 0 Å². The lowest BCUT2D eigenvalue weighted by Crippen LogP contribution is -2.31. The number of carbonyl (C=O) groups is 1. The Morgan fingerprint density at radius 2 is 2.43 bits per heavy atom. The van der Waals surface area contributed by atoms with Gasteiger partial charge in [0.05, 0.1) is 0 Å². The summed E-state index contributed by atoms with van der Waals surface area (Å²) >= 11 is 1.65. The Labute approximate surface area is 88.1 Å². The number of Topliss-reactive ketones (excluding diaryl/α,β-unsaturated/α-hetero) is 1. The molecule has 1 saturated carbocycles. The van der Waals surface area contributed by atoms with Gasteiger partial charge in [0.2, 0.25) is 0 Å². The summed E-state index contributed by atoms with van der Waals surface area (Å²) < 4.78 is 0. The first-order chi connectivity index (χ1) is 6.77. The molecule has 1 aromatic rings. The van der Waals surface area contributed by atoms with E-state index in [9.17, 15) is 4.79 Å². The largest absolute Gasteiger partial charge is 0.327 e. The maximum atomic E-state index is 11.8. The molecule has 2 N–H and O–H groups in total. The van der Waals surface area contributed by atoms with Gasteiger partial charge in [-0.2, -0.15) is 0 Å². The molecule has 14 heavy (non-hydrogen) atoms. The summed E-state index contributed by atoms with van der Waals surface area (Å²) in [7, 11) is 0. The molecule has 0 saturated heterocycles. The average Bonchev–Trinajstić information content (AvgIpc) is 2.75. The molecule has 0 bridgehead atoms. The van der Waals surface area contributed by atoms with Gasteiger partial charge in [0.15, 0.2) is 0 Å². The van der Waals surface area contributed by atoms with E-state index in [1.165, 1.54) is 0 Å². The molecular weight excluding hydrogens is 194 g/mol. The molecule has 0 aromatic carbocycles. The zero-order valence-corrected chi connectivity index (χ0v) is 8.93. The lowest BCUT2D eigenvalue weighted by Gasteiger charge is -2.12. The third kappa shape index (κ3) is 2.04. The van der Waals surface area contributed by atoms with E-state index in [1.807, 2.05) is 17.5 Å². The van der Waals surface area contributed by atoms with E-state index in [-0.39, 0.29) is 12.0 Å². The predicted molar refractivity (Wildman–Crippen MR) is 58.3 cm³/mol. The summed E-state index contributed by atoms with van der Waals surface area (Å²) in [5, 5.41) is 2.01. The number of nitrogens with two attached hydrogens (primary N) is 1. The van der Waals surface area contributed by atoms with Crippen LogP contribution in [0.4, 0.5) is 0 Å². The van der Waals surface area contributed by atoms with Gasteiger partial charge in [-0.05, 0) is 24.3 Å². The van der Waals surface area contributed by atoms with E-state index in [0.29, 0.717) is 12.2 Å². The highest BCUT2D eigenvalue weighted by Crippen LogP contribution is 2.26. The number of rotatable bonds is 3. The van der Waals surface area contributed by atoms with Crippen LogP contribution in [0.1, 0.15) is 24.1 Å². The molecular formula is C11H15NOS. The van der Waals surface area contributed by atoms with E-state index < -0.39 is 0 Å². The zero-order chi connectivity index (χ0) is 9.97. The van der Waals surface area contributed by atoms with Gasteiger partial charge in [-0.1, -0.05) is 12.5 Å². The van der Waals surface area contributed by atoms with E-state index in [1.54, 1.807) is 11.3 Å². The van der Waals surface area contributed by atoms with Gasteiger partial charge >= 0.3 is 0 Å². The normalized spacial score (nSPS) is 26.6. The Balaban J connectivity index is 1.95. The van der Waals surface area contributed by atoms with Gasteiger partial charge in [-0.15, -0.1) is 11.3 Å². The number of ketones is 1. The van der Waals surface area contributed by atoms with Crippen LogP contribution in [-0.2, 0) is 11.2 Å². The first-order valence-corrected chi connectivity index (χ1v) is 5.96. The van der Waals surface area contributed by atoms with Gasteiger partial charge in [0, 0.05) is 23.3 Å². The fraction of sp³-hybridized carbons (Fsp3) is 0.545. The van der Waals surface area contributed by atoms with Crippen LogP contribution in [0, 0.1) is 5.92 Å². The molecule has 0 amide bonds. The molecule has 0 aliphatic heterocycles. The van der Waals surface area contributed by atoms with Crippen LogP contribution in [0.2, 0.25) is 0 Å². The number of hydrogen-bond acceptors (Lipinski definition) is 3. The zero-order valence-electron chi connectivity index (χ0n) is 8.11. The molecule has 1 fully saturated rings. The van der Waals surface area contributed by atoms with Crippen LogP contribution in [-0.4, -0.2) is 11.8 Å². The highest BCUT2D eigenvalue weighted by atomic mass is 32.1. The maximum Gasteiger partial charge on any atom is 0.142 e. The summed E-state index contributed by atoms with van der Waals surface area (Å²) in [5.41, 5.74) is 5.89. The van der Waals surface area contributed by atoms with Crippen molar-refractivity contribution in [2.75, 3.05) is 0 Å². The van der Waals surface area contributed by atoms with Crippen molar-refractivity contribution in [3.8, 4) is 0 Å². The molecule has 1 heterocycles. The van der Waals surface area contributed by atoms with E-state index >= 15 is 0 Å². The van der Waals surface area contributed by atoms with E-state index in [2.05, 4.69) is 0 Å². The second kappa shape index (κ2) is 4.24. The van der Waals surface area contributed by atoms with Crippen molar-refractivity contribution in [2.45, 2.75) is 31.7 Å². The average molecular weight is 209 g/mol. The molecule has 3 heteroatoms. The first-order valence-electron chi connectivity index (χ1n) is 5.08. The Bertz CT molecular complexity index is 307. The SMILES string of the molecule is NC1CCCC1C(=O)Cc1cccs1. The Morgan fingerprint density at radius 3 is 3.00 bits per heavy atom. The van der Waals surface area contributed by atoms with Crippen LogP contribution in [0.15, 0.2) is 17.5 Å². The van der Waals surface area contributed by atoms with Crippen molar-refractivity contribution in [1.82, 2.24) is 0 Å². The molecule has 0 radical (unpaired) electrons. The Kier molecular flexibility index (Phi) is 2.99. The standard InChI is InChI=1S/C11H15NOS/c12-10-5-1-4-9(10)11(13)7-8-3-2-6-14-8/h2-3,6,9-10H,1,4-5,7,12H2. The van der Waals surface area contributed by atoms with Crippen LogP contribution in [0.3, 0.4) is 0 Å². The van der Waals surface area contributed by atoms with Gasteiger partial charge in [0.25, 0.3) is 0 Å². The quantitative estimate of drug-likeness (QED) is 0.827. The number of hydrogen-bond donors (Lipinski definition) is 1. The molecule has 1 aromatic heterocycles. The van der Waals surface area contributed by atoms with E-state index in [0.717, 1.165) is 24.1 Å². The molecule has 0 spiro atoms. The van der Waals surface area contributed by atoms with Crippen molar-refractivity contribution in [1.29, 1.82) is 0 Å². The summed E-state index contributed by atoms with van der Waals surface area (Å²) in [6.07, 6.45) is 3.70. The highest BCUT2D eigenvalue weighted by molar-refractivity contribution is 7.10. The Morgan fingerprint density at radius 1 is 1.57 bits per heavy atom. The van der Waals surface area contributed by atoms with Crippen LogP contribution >= 0.6 is 11.3 Å². The number of carbonyl (C=O) groups excluding carboxylic acids is 1. The lowest BCUT2D eigenvalue weighted by molar-refractivity contribution is -0.122. The minimum Gasteiger partial charge on any atom is -0.327 e. The minimum absolute atomic E-state index is 0.113. The first kappa shape index (κ1) is 9.87. The van der Waals surface area contributed by atoms with Crippen molar-refractivity contribution in [3.63, 3.8) is 0 Å². The third-order valence-electron chi connectivity index (χ3n) is 2.91. The van der Waals surface area contributed by atoms with Crippen molar-refractivity contribution >= 4 is 17.1 Å². The highest BCUT2D eigenvalue weighted by Gasteiger charge is 2.29. The van der Waals surface area contributed by atoms with Gasteiger partial charge in [0.1, 0.15) is 5.78 Å². The van der Waals surface area contributed by atoms with Crippen LogP contribution in [0.5, 0.6) is 0 Å². The molecule has 1 aliphatic rings. The topological polar surface area (TPSA) is 43.1 Å². The molecule has 2 atom stereocenters. The van der Waals surface area contributed by atoms with Crippen LogP contribution in [0.25, 0.3) is 0 Å². The van der Waals surface area contributed by atoms with Crippen LogP contribution < -0.4 is 5.73 Å². The molecule has 76 valence electrons. The van der Waals surface area contributed by atoms with Crippen molar-refractivity contribution in [3.05, 3.63) is 22.4 Å². The second-order valence-electron chi connectivity index (χ2n) is 3.92. The molecule has 1 aliphatic carbocycles. The summed E-state index contributed by atoms with van der Waals surface area (Å²) in [6, 6.07) is 4.12. The smallest absolute Gasteiger partial charge is 0.142 e. The fourth-order valence-electron chi connectivity index (χ4n) is 2.10. The fourth-order valence-corrected chi connectivity index (χ4v) is 2.82. The molecule has 2 unspecified atom stereocenters. The second-order valence-corrected chi connectivity index (χ2v) is 4.96. The number of thiophene rings is 1. The summed E-state index contributed by atoms with van der Waals surface area (Å²) in [5.74, 6) is 0.453.